The molecule has 1 heterocycles. The molecule has 2 aromatic rings. The summed E-state index contributed by atoms with van der Waals surface area (Å²) < 4.78 is 6.82. The smallest absolute Gasteiger partial charge is 0.305 e. The van der Waals surface area contributed by atoms with Gasteiger partial charge in [0.05, 0.1) is 35.2 Å². The van der Waals surface area contributed by atoms with E-state index in [-0.39, 0.29) is 30.8 Å². The maximum Gasteiger partial charge on any atom is 0.305 e. The molecule has 8 heteroatoms. The van der Waals surface area contributed by atoms with Gasteiger partial charge in [-0.05, 0) is 74.5 Å². The fourth-order valence-corrected chi connectivity index (χ4v) is 5.73. The summed E-state index contributed by atoms with van der Waals surface area (Å²) in [6, 6.07) is 5.27. The molecule has 0 spiro atoms. The molecular weight excluding hydrogens is 476 g/mol. The van der Waals surface area contributed by atoms with Crippen LogP contribution in [0.15, 0.2) is 18.2 Å². The van der Waals surface area contributed by atoms with Gasteiger partial charge in [0, 0.05) is 24.7 Å². The molecule has 0 radical (unpaired) electrons. The van der Waals surface area contributed by atoms with Crippen molar-refractivity contribution in [3.63, 3.8) is 0 Å². The van der Waals surface area contributed by atoms with Gasteiger partial charge in [-0.25, -0.2) is 4.68 Å². The van der Waals surface area contributed by atoms with Crippen LogP contribution >= 0.6 is 11.6 Å². The highest BCUT2D eigenvalue weighted by Gasteiger charge is 2.41. The SMILES string of the molecule is COC(=O)CC[C@@H](CC(=O)Nc1ccc(C)cc1Cl)n1nnc([C@H]2C[C@@H](CC(C)(C)C)C2)c1C1CC1. The van der Waals surface area contributed by atoms with Crippen molar-refractivity contribution in [2.24, 2.45) is 11.3 Å². The molecule has 2 saturated carbocycles. The zero-order valence-corrected chi connectivity index (χ0v) is 22.9. The Morgan fingerprint density at radius 2 is 1.94 bits per heavy atom. The highest BCUT2D eigenvalue weighted by atomic mass is 35.5. The van der Waals surface area contributed by atoms with E-state index in [1.165, 1.54) is 19.2 Å². The Kier molecular flexibility index (Phi) is 8.08. The number of esters is 1. The third kappa shape index (κ3) is 6.67. The lowest BCUT2D eigenvalue weighted by Crippen LogP contribution is -2.27. The molecule has 7 nitrogen and oxygen atoms in total. The number of amides is 1. The lowest BCUT2D eigenvalue weighted by atomic mass is 9.67. The summed E-state index contributed by atoms with van der Waals surface area (Å²) in [6.45, 7) is 8.85. The standard InChI is InChI=1S/C28H39ClN4O3/c1-17-6-10-23(22(29)12-17)30-24(34)15-21(9-11-25(35)36-5)33-27(19-7-8-19)26(31-32-33)20-13-18(14-20)16-28(2,3)4/h6,10,12,18-21H,7-9,11,13-16H2,1-5H3,(H,30,34)/t18-,20+,21-/m0/s1. The van der Waals surface area contributed by atoms with Crippen LogP contribution in [0, 0.1) is 18.3 Å². The Balaban J connectivity index is 1.52. The third-order valence-corrected chi connectivity index (χ3v) is 7.63. The Bertz CT molecular complexity index is 1100. The Hall–Kier alpha value is -2.41. The summed E-state index contributed by atoms with van der Waals surface area (Å²) in [5.74, 6) is 1.14. The van der Waals surface area contributed by atoms with Crippen molar-refractivity contribution in [2.45, 2.75) is 96.9 Å². The van der Waals surface area contributed by atoms with E-state index in [9.17, 15) is 9.59 Å². The number of carbonyl (C=O) groups is 2. The van der Waals surface area contributed by atoms with Crippen molar-refractivity contribution in [3.05, 3.63) is 40.2 Å². The maximum atomic E-state index is 13.1. The average molecular weight is 515 g/mol. The third-order valence-electron chi connectivity index (χ3n) is 7.32. The van der Waals surface area contributed by atoms with E-state index < -0.39 is 0 Å². The predicted octanol–water partition coefficient (Wildman–Crippen LogP) is 6.57. The topological polar surface area (TPSA) is 86.1 Å². The number of rotatable bonds is 10. The number of halogens is 1. The molecule has 4 rings (SSSR count). The largest absolute Gasteiger partial charge is 0.469 e. The molecule has 0 aliphatic heterocycles. The monoisotopic (exact) mass is 514 g/mol. The summed E-state index contributed by atoms with van der Waals surface area (Å²) >= 11 is 6.33. The molecule has 1 amide bonds. The minimum absolute atomic E-state index is 0.164. The van der Waals surface area contributed by atoms with Crippen molar-refractivity contribution in [2.75, 3.05) is 12.4 Å². The van der Waals surface area contributed by atoms with Gasteiger partial charge in [-0.15, -0.1) is 5.10 Å². The lowest BCUT2D eigenvalue weighted by molar-refractivity contribution is -0.141. The first-order valence-electron chi connectivity index (χ1n) is 13.1. The van der Waals surface area contributed by atoms with E-state index in [2.05, 4.69) is 36.4 Å². The van der Waals surface area contributed by atoms with Gasteiger partial charge < -0.3 is 10.1 Å². The molecular formula is C28H39ClN4O3. The van der Waals surface area contributed by atoms with E-state index in [1.54, 1.807) is 0 Å². The summed E-state index contributed by atoms with van der Waals surface area (Å²) in [4.78, 5) is 25.0. The molecule has 0 bridgehead atoms. The second kappa shape index (κ2) is 10.9. The molecule has 1 atom stereocenters. The fourth-order valence-electron chi connectivity index (χ4n) is 5.45. The maximum absolute atomic E-state index is 13.1. The zero-order valence-electron chi connectivity index (χ0n) is 22.1. The molecule has 36 heavy (non-hydrogen) atoms. The minimum atomic E-state index is -0.292. The van der Waals surface area contributed by atoms with E-state index >= 15 is 0 Å². The van der Waals surface area contributed by atoms with Crippen molar-refractivity contribution in [1.82, 2.24) is 15.0 Å². The van der Waals surface area contributed by atoms with Crippen molar-refractivity contribution in [3.8, 4) is 0 Å². The molecule has 1 aromatic heterocycles. The van der Waals surface area contributed by atoms with Gasteiger partial charge in [0.15, 0.2) is 0 Å². The number of aromatic nitrogens is 3. The summed E-state index contributed by atoms with van der Waals surface area (Å²) in [5.41, 5.74) is 4.22. The number of hydrogen-bond acceptors (Lipinski definition) is 5. The number of methoxy groups -OCH3 is 1. The van der Waals surface area contributed by atoms with Gasteiger partial charge >= 0.3 is 5.97 Å². The number of aryl methyl sites for hydroxylation is 1. The fraction of sp³-hybridized carbons (Fsp3) is 0.643. The van der Waals surface area contributed by atoms with Gasteiger partial charge in [-0.2, -0.15) is 0 Å². The number of hydrogen-bond donors (Lipinski definition) is 1. The van der Waals surface area contributed by atoms with E-state index in [1.807, 2.05) is 29.8 Å². The molecule has 196 valence electrons. The summed E-state index contributed by atoms with van der Waals surface area (Å²) in [7, 11) is 1.39. The molecule has 2 fully saturated rings. The van der Waals surface area contributed by atoms with E-state index in [0.29, 0.717) is 34.4 Å². The van der Waals surface area contributed by atoms with Crippen LogP contribution < -0.4 is 5.32 Å². The lowest BCUT2D eigenvalue weighted by Gasteiger charge is -2.38. The predicted molar refractivity (Wildman–Crippen MR) is 141 cm³/mol. The van der Waals surface area contributed by atoms with E-state index in [0.717, 1.165) is 42.9 Å². The Morgan fingerprint density at radius 1 is 1.22 bits per heavy atom. The van der Waals surface area contributed by atoms with Gasteiger partial charge in [0.2, 0.25) is 5.91 Å². The highest BCUT2D eigenvalue weighted by Crippen LogP contribution is 2.51. The van der Waals surface area contributed by atoms with Crippen LogP contribution in [0.5, 0.6) is 0 Å². The second-order valence-corrected chi connectivity index (χ2v) is 12.3. The molecule has 2 aliphatic carbocycles. The first-order valence-corrected chi connectivity index (χ1v) is 13.5. The van der Waals surface area contributed by atoms with Crippen molar-refractivity contribution in [1.29, 1.82) is 0 Å². The Labute approximate surface area is 219 Å². The number of nitrogens with one attached hydrogen (secondary N) is 1. The van der Waals surface area contributed by atoms with E-state index in [4.69, 9.17) is 16.3 Å². The normalized spacial score (nSPS) is 20.5. The summed E-state index contributed by atoms with van der Waals surface area (Å²) in [6.07, 6.45) is 6.61. The van der Waals surface area contributed by atoms with Crippen LogP contribution in [-0.2, 0) is 14.3 Å². The van der Waals surface area contributed by atoms with Crippen LogP contribution in [0.1, 0.15) is 107 Å². The molecule has 2 aliphatic rings. The highest BCUT2D eigenvalue weighted by molar-refractivity contribution is 6.33. The zero-order chi connectivity index (χ0) is 26.0. The molecule has 0 unspecified atom stereocenters. The molecule has 1 aromatic carbocycles. The van der Waals surface area contributed by atoms with Crippen LogP contribution in [0.4, 0.5) is 5.69 Å². The van der Waals surface area contributed by atoms with Crippen LogP contribution in [-0.4, -0.2) is 34.0 Å². The molecule has 1 N–H and O–H groups in total. The molecule has 0 saturated heterocycles. The number of anilines is 1. The Morgan fingerprint density at radius 3 is 2.56 bits per heavy atom. The quantitative estimate of drug-likeness (QED) is 0.362. The first kappa shape index (κ1) is 26.6. The van der Waals surface area contributed by atoms with Crippen LogP contribution in [0.2, 0.25) is 5.02 Å². The van der Waals surface area contributed by atoms with Gasteiger partial charge in [0.1, 0.15) is 0 Å². The summed E-state index contributed by atoms with van der Waals surface area (Å²) in [5, 5.41) is 12.7. The van der Waals surface area contributed by atoms with Crippen molar-refractivity contribution < 1.29 is 14.3 Å². The number of carbonyl (C=O) groups excluding carboxylic acids is 2. The second-order valence-electron chi connectivity index (χ2n) is 11.9. The average Bonchev–Trinajstić information content (AvgIpc) is 3.53. The van der Waals surface area contributed by atoms with Crippen molar-refractivity contribution >= 4 is 29.2 Å². The van der Waals surface area contributed by atoms with Gasteiger partial charge in [0.25, 0.3) is 0 Å². The van der Waals surface area contributed by atoms with Crippen LogP contribution in [0.3, 0.4) is 0 Å². The van der Waals surface area contributed by atoms with Crippen LogP contribution in [0.25, 0.3) is 0 Å². The van der Waals surface area contributed by atoms with Gasteiger partial charge in [-0.3, -0.25) is 9.59 Å². The minimum Gasteiger partial charge on any atom is -0.469 e. The number of benzene rings is 1. The number of ether oxygens (including phenoxy) is 1. The van der Waals surface area contributed by atoms with Gasteiger partial charge in [-0.1, -0.05) is 43.7 Å². The number of nitrogens with zero attached hydrogens (tertiary/aromatic N) is 3. The first-order chi connectivity index (χ1) is 17.0.